The molecule has 3 heteroatoms. The highest BCUT2D eigenvalue weighted by atomic mass is 19.2. The van der Waals surface area contributed by atoms with Crippen molar-refractivity contribution in [2.24, 2.45) is 17.8 Å². The summed E-state index contributed by atoms with van der Waals surface area (Å²) in [6, 6.07) is 6.48. The van der Waals surface area contributed by atoms with Crippen LogP contribution in [0.4, 0.5) is 8.78 Å². The number of hydrogen-bond donors (Lipinski definition) is 0. The van der Waals surface area contributed by atoms with Gasteiger partial charge in [-0.1, -0.05) is 25.0 Å². The van der Waals surface area contributed by atoms with E-state index in [-0.39, 0.29) is 0 Å². The van der Waals surface area contributed by atoms with Gasteiger partial charge in [0, 0.05) is 6.08 Å². The molecule has 2 saturated carbocycles. The molecule has 140 valence electrons. The first-order valence-corrected chi connectivity index (χ1v) is 10.2. The molecule has 0 aromatic heterocycles. The molecule has 2 fully saturated rings. The summed E-state index contributed by atoms with van der Waals surface area (Å²) < 4.78 is 26.6. The lowest BCUT2D eigenvalue weighted by Crippen LogP contribution is -2.25. The van der Waals surface area contributed by atoms with Crippen LogP contribution in [0.15, 0.2) is 30.4 Å². The molecule has 0 amide bonds. The average molecular weight is 357 g/mol. The third kappa shape index (κ3) is 4.93. The molecule has 0 aliphatic heterocycles. The van der Waals surface area contributed by atoms with E-state index in [9.17, 15) is 8.78 Å². The zero-order valence-electron chi connectivity index (χ0n) is 15.5. The standard InChI is InChI=1S/C23H29F2N/c24-22-14-13-21(16-23(22)25)20-11-9-19(10-12-20)18-7-5-17(6-8-18)4-2-1-3-15-26/h1,3,13-14,16-20H,2,4-12H2/b3-1+/t17?,18?,19-,20-. The van der Waals surface area contributed by atoms with Crippen LogP contribution in [0.1, 0.15) is 75.7 Å². The number of nitrogens with zero attached hydrogens (tertiary/aromatic N) is 1. The zero-order chi connectivity index (χ0) is 18.4. The lowest BCUT2D eigenvalue weighted by atomic mass is 9.68. The lowest BCUT2D eigenvalue weighted by Gasteiger charge is -2.38. The maximum atomic E-state index is 13.5. The number of hydrogen-bond acceptors (Lipinski definition) is 1. The Kier molecular flexibility index (Phi) is 6.83. The van der Waals surface area contributed by atoms with Crippen molar-refractivity contribution >= 4 is 0 Å². The van der Waals surface area contributed by atoms with Crippen molar-refractivity contribution in [1.82, 2.24) is 0 Å². The predicted molar refractivity (Wildman–Crippen MR) is 100 cm³/mol. The number of benzene rings is 1. The molecular weight excluding hydrogens is 328 g/mol. The van der Waals surface area contributed by atoms with Gasteiger partial charge in [-0.15, -0.1) is 0 Å². The summed E-state index contributed by atoms with van der Waals surface area (Å²) in [6.07, 6.45) is 15.8. The Hall–Kier alpha value is -1.69. The van der Waals surface area contributed by atoms with Gasteiger partial charge in [0.2, 0.25) is 0 Å². The Balaban J connectivity index is 1.42. The first-order chi connectivity index (χ1) is 12.7. The van der Waals surface area contributed by atoms with Gasteiger partial charge in [-0.05, 0) is 92.7 Å². The molecule has 2 aliphatic carbocycles. The molecule has 0 spiro atoms. The summed E-state index contributed by atoms with van der Waals surface area (Å²) in [5, 5.41) is 8.53. The SMILES string of the molecule is N#C/C=C/CCC1CCC([C@H]2CC[C@H](c3ccc(F)c(F)c3)CC2)CC1. The van der Waals surface area contributed by atoms with E-state index < -0.39 is 11.6 Å². The van der Waals surface area contributed by atoms with E-state index in [2.05, 4.69) is 6.07 Å². The van der Waals surface area contributed by atoms with Crippen LogP contribution in [0.25, 0.3) is 0 Å². The first-order valence-electron chi connectivity index (χ1n) is 10.2. The lowest BCUT2D eigenvalue weighted by molar-refractivity contribution is 0.157. The molecule has 0 atom stereocenters. The van der Waals surface area contributed by atoms with Crippen molar-refractivity contribution in [3.8, 4) is 6.07 Å². The Morgan fingerprint density at radius 3 is 2.19 bits per heavy atom. The summed E-state index contributed by atoms with van der Waals surface area (Å²) in [6.45, 7) is 0. The van der Waals surface area contributed by atoms with Crippen LogP contribution in [-0.4, -0.2) is 0 Å². The first kappa shape index (κ1) is 19.1. The van der Waals surface area contributed by atoms with Crippen molar-refractivity contribution in [2.45, 2.75) is 70.1 Å². The van der Waals surface area contributed by atoms with Crippen LogP contribution >= 0.6 is 0 Å². The molecule has 0 N–H and O–H groups in total. The number of rotatable bonds is 5. The molecule has 3 rings (SSSR count). The van der Waals surface area contributed by atoms with Crippen molar-refractivity contribution in [3.05, 3.63) is 47.5 Å². The summed E-state index contributed by atoms with van der Waals surface area (Å²) in [7, 11) is 0. The van der Waals surface area contributed by atoms with Crippen LogP contribution in [0.3, 0.4) is 0 Å². The van der Waals surface area contributed by atoms with Crippen molar-refractivity contribution in [3.63, 3.8) is 0 Å². The molecule has 2 aliphatic rings. The fraction of sp³-hybridized carbons (Fsp3) is 0.609. The maximum Gasteiger partial charge on any atom is 0.159 e. The molecule has 26 heavy (non-hydrogen) atoms. The van der Waals surface area contributed by atoms with Crippen molar-refractivity contribution < 1.29 is 8.78 Å². The minimum atomic E-state index is -0.748. The van der Waals surface area contributed by atoms with Crippen LogP contribution in [0.5, 0.6) is 0 Å². The molecule has 0 heterocycles. The Labute approximate surface area is 156 Å². The predicted octanol–water partition coefficient (Wildman–Crippen LogP) is 6.90. The number of allylic oxidation sites excluding steroid dienone is 2. The van der Waals surface area contributed by atoms with E-state index in [1.807, 2.05) is 6.08 Å². The van der Waals surface area contributed by atoms with Gasteiger partial charge in [-0.25, -0.2) is 8.78 Å². The maximum absolute atomic E-state index is 13.5. The highest BCUT2D eigenvalue weighted by Crippen LogP contribution is 2.44. The van der Waals surface area contributed by atoms with Gasteiger partial charge in [0.05, 0.1) is 6.07 Å². The monoisotopic (exact) mass is 357 g/mol. The molecule has 0 radical (unpaired) electrons. The number of halogens is 2. The van der Waals surface area contributed by atoms with E-state index in [0.29, 0.717) is 5.92 Å². The van der Waals surface area contributed by atoms with Crippen LogP contribution in [0.2, 0.25) is 0 Å². The summed E-state index contributed by atoms with van der Waals surface area (Å²) >= 11 is 0. The third-order valence-corrected chi connectivity index (χ3v) is 6.68. The fourth-order valence-corrected chi connectivity index (χ4v) is 5.11. The van der Waals surface area contributed by atoms with E-state index in [1.54, 1.807) is 12.1 Å². The average Bonchev–Trinajstić information content (AvgIpc) is 2.68. The molecule has 1 aromatic rings. The summed E-state index contributed by atoms with van der Waals surface area (Å²) in [5.41, 5.74) is 0.969. The minimum Gasteiger partial charge on any atom is -0.204 e. The van der Waals surface area contributed by atoms with Gasteiger partial charge >= 0.3 is 0 Å². The van der Waals surface area contributed by atoms with E-state index in [4.69, 9.17) is 5.26 Å². The molecule has 0 bridgehead atoms. The summed E-state index contributed by atoms with van der Waals surface area (Å²) in [4.78, 5) is 0. The highest BCUT2D eigenvalue weighted by Gasteiger charge is 2.31. The molecular formula is C23H29F2N. The van der Waals surface area contributed by atoms with E-state index in [1.165, 1.54) is 57.1 Å². The van der Waals surface area contributed by atoms with Crippen LogP contribution in [0, 0.1) is 40.7 Å². The molecule has 0 unspecified atom stereocenters. The van der Waals surface area contributed by atoms with Gasteiger partial charge in [-0.3, -0.25) is 0 Å². The van der Waals surface area contributed by atoms with Gasteiger partial charge < -0.3 is 0 Å². The van der Waals surface area contributed by atoms with Crippen molar-refractivity contribution in [2.75, 3.05) is 0 Å². The minimum absolute atomic E-state index is 0.393. The molecule has 0 saturated heterocycles. The zero-order valence-corrected chi connectivity index (χ0v) is 15.5. The smallest absolute Gasteiger partial charge is 0.159 e. The quantitative estimate of drug-likeness (QED) is 0.525. The molecule has 1 nitrogen and oxygen atoms in total. The van der Waals surface area contributed by atoms with Gasteiger partial charge in [0.25, 0.3) is 0 Å². The van der Waals surface area contributed by atoms with Crippen LogP contribution in [-0.2, 0) is 0 Å². The third-order valence-electron chi connectivity index (χ3n) is 6.68. The fourth-order valence-electron chi connectivity index (χ4n) is 5.11. The van der Waals surface area contributed by atoms with Gasteiger partial charge in [0.15, 0.2) is 11.6 Å². The second-order valence-electron chi connectivity index (χ2n) is 8.17. The molecule has 1 aromatic carbocycles. The Morgan fingerprint density at radius 1 is 0.923 bits per heavy atom. The largest absolute Gasteiger partial charge is 0.204 e. The number of nitriles is 1. The van der Waals surface area contributed by atoms with Crippen molar-refractivity contribution in [1.29, 1.82) is 5.26 Å². The normalized spacial score (nSPS) is 29.6. The van der Waals surface area contributed by atoms with E-state index >= 15 is 0 Å². The van der Waals surface area contributed by atoms with Gasteiger partial charge in [0.1, 0.15) is 0 Å². The Bertz CT molecular complexity index is 645. The van der Waals surface area contributed by atoms with Crippen LogP contribution < -0.4 is 0 Å². The summed E-state index contributed by atoms with van der Waals surface area (Å²) in [5.74, 6) is 1.43. The van der Waals surface area contributed by atoms with E-state index in [0.717, 1.165) is 42.6 Å². The Morgan fingerprint density at radius 2 is 1.58 bits per heavy atom. The topological polar surface area (TPSA) is 23.8 Å². The van der Waals surface area contributed by atoms with Gasteiger partial charge in [-0.2, -0.15) is 5.26 Å². The highest BCUT2D eigenvalue weighted by molar-refractivity contribution is 5.22. The second kappa shape index (κ2) is 9.31. The second-order valence-corrected chi connectivity index (χ2v) is 8.17.